The summed E-state index contributed by atoms with van der Waals surface area (Å²) >= 11 is 1.81. The van der Waals surface area contributed by atoms with Gasteiger partial charge in [-0.1, -0.05) is 0 Å². The number of rotatable bonds is 3. The van der Waals surface area contributed by atoms with Crippen LogP contribution in [0.2, 0.25) is 0 Å². The third kappa shape index (κ3) is 2.46. The van der Waals surface area contributed by atoms with E-state index in [-0.39, 0.29) is 17.3 Å². The predicted octanol–water partition coefficient (Wildman–Crippen LogP) is 2.02. The molecule has 0 radical (unpaired) electrons. The molecule has 92 valence electrons. The van der Waals surface area contributed by atoms with Crippen LogP contribution in [-0.2, 0) is 0 Å². The summed E-state index contributed by atoms with van der Waals surface area (Å²) in [5, 5.41) is 12.2. The lowest BCUT2D eigenvalue weighted by molar-refractivity contribution is 0.0698. The van der Waals surface area contributed by atoms with Gasteiger partial charge in [-0.15, -0.1) is 0 Å². The topological polar surface area (TPSA) is 75.3 Å². The highest BCUT2D eigenvalue weighted by Crippen LogP contribution is 2.28. The maximum atomic E-state index is 13.2. The van der Waals surface area contributed by atoms with Crippen LogP contribution in [0.1, 0.15) is 16.8 Å². The fourth-order valence-corrected chi connectivity index (χ4v) is 2.97. The predicted molar refractivity (Wildman–Crippen MR) is 67.1 cm³/mol. The summed E-state index contributed by atoms with van der Waals surface area (Å²) in [7, 11) is 0. The van der Waals surface area contributed by atoms with Crippen molar-refractivity contribution in [2.45, 2.75) is 12.5 Å². The molecule has 1 atom stereocenters. The molecule has 6 heteroatoms. The first-order chi connectivity index (χ1) is 8.09. The van der Waals surface area contributed by atoms with Crippen molar-refractivity contribution in [3.63, 3.8) is 0 Å². The van der Waals surface area contributed by atoms with Crippen molar-refractivity contribution in [3.8, 4) is 0 Å². The number of hydrogen-bond acceptors (Lipinski definition) is 4. The van der Waals surface area contributed by atoms with Crippen molar-refractivity contribution in [2.75, 3.05) is 22.6 Å². The molecule has 0 aliphatic carbocycles. The van der Waals surface area contributed by atoms with Crippen LogP contribution in [0.25, 0.3) is 0 Å². The number of thioether (sulfide) groups is 1. The monoisotopic (exact) mass is 256 g/mol. The van der Waals surface area contributed by atoms with Gasteiger partial charge >= 0.3 is 5.97 Å². The lowest BCUT2D eigenvalue weighted by atomic mass is 10.1. The van der Waals surface area contributed by atoms with Crippen LogP contribution in [0.15, 0.2) is 12.1 Å². The first-order valence-electron chi connectivity index (χ1n) is 5.25. The average molecular weight is 256 g/mol. The number of carboxylic acid groups (broad SMARTS) is 1. The highest BCUT2D eigenvalue weighted by Gasteiger charge is 2.21. The molecule has 1 unspecified atom stereocenters. The lowest BCUT2D eigenvalue weighted by Gasteiger charge is -2.16. The number of benzene rings is 1. The maximum absolute atomic E-state index is 13.2. The molecule has 1 fully saturated rings. The quantitative estimate of drug-likeness (QED) is 0.721. The number of nitrogens with two attached hydrogens (primary N) is 1. The summed E-state index contributed by atoms with van der Waals surface area (Å²) in [5.74, 6) is 0.0662. The minimum atomic E-state index is -1.21. The number of nitrogen functional groups attached to an aromatic ring is 1. The molecule has 1 aliphatic rings. The molecule has 1 saturated heterocycles. The zero-order valence-electron chi connectivity index (χ0n) is 9.07. The Balaban J connectivity index is 2.32. The van der Waals surface area contributed by atoms with Gasteiger partial charge in [0.2, 0.25) is 0 Å². The summed E-state index contributed by atoms with van der Waals surface area (Å²) in [4.78, 5) is 11.1. The zero-order valence-corrected chi connectivity index (χ0v) is 9.89. The van der Waals surface area contributed by atoms with Crippen LogP contribution >= 0.6 is 11.8 Å². The molecule has 4 nitrogen and oxygen atoms in total. The number of halogens is 1. The second-order valence-corrected chi connectivity index (χ2v) is 5.04. The Morgan fingerprint density at radius 2 is 2.35 bits per heavy atom. The first kappa shape index (κ1) is 12.0. The average Bonchev–Trinajstić information content (AvgIpc) is 2.76. The van der Waals surface area contributed by atoms with Crippen molar-refractivity contribution in [2.24, 2.45) is 0 Å². The zero-order chi connectivity index (χ0) is 12.4. The second-order valence-electron chi connectivity index (χ2n) is 3.89. The molecule has 17 heavy (non-hydrogen) atoms. The number of anilines is 2. The Morgan fingerprint density at radius 3 is 2.94 bits per heavy atom. The minimum absolute atomic E-state index is 0.179. The van der Waals surface area contributed by atoms with Crippen LogP contribution in [0.3, 0.4) is 0 Å². The Morgan fingerprint density at radius 1 is 1.59 bits per heavy atom. The second kappa shape index (κ2) is 4.83. The Bertz CT molecular complexity index is 447. The van der Waals surface area contributed by atoms with Crippen LogP contribution in [0.4, 0.5) is 15.8 Å². The fraction of sp³-hybridized carbons (Fsp3) is 0.364. The van der Waals surface area contributed by atoms with Crippen molar-refractivity contribution < 1.29 is 14.3 Å². The molecule has 1 aromatic rings. The van der Waals surface area contributed by atoms with E-state index in [9.17, 15) is 9.18 Å². The molecule has 0 amide bonds. The third-order valence-electron chi connectivity index (χ3n) is 2.70. The first-order valence-corrected chi connectivity index (χ1v) is 6.40. The molecule has 0 spiro atoms. The minimum Gasteiger partial charge on any atom is -0.478 e. The van der Waals surface area contributed by atoms with Gasteiger partial charge in [-0.2, -0.15) is 11.8 Å². The summed E-state index contributed by atoms with van der Waals surface area (Å²) in [6, 6.07) is 2.84. The van der Waals surface area contributed by atoms with E-state index in [2.05, 4.69) is 5.32 Å². The van der Waals surface area contributed by atoms with Gasteiger partial charge in [0.05, 0.1) is 11.4 Å². The fourth-order valence-electron chi connectivity index (χ4n) is 1.81. The van der Waals surface area contributed by atoms with E-state index >= 15 is 0 Å². The number of carboxylic acids is 1. The molecule has 0 bridgehead atoms. The van der Waals surface area contributed by atoms with Gasteiger partial charge in [-0.05, 0) is 24.3 Å². The summed E-state index contributed by atoms with van der Waals surface area (Å²) in [6.45, 7) is 0. The SMILES string of the molecule is Nc1c(F)ccc(NC2CCSC2)c1C(=O)O. The van der Waals surface area contributed by atoms with Crippen molar-refractivity contribution in [1.82, 2.24) is 0 Å². The van der Waals surface area contributed by atoms with Gasteiger partial charge in [-0.3, -0.25) is 0 Å². The van der Waals surface area contributed by atoms with E-state index in [0.717, 1.165) is 17.9 Å². The molecular formula is C11H13FN2O2S. The van der Waals surface area contributed by atoms with E-state index in [1.165, 1.54) is 12.1 Å². The van der Waals surface area contributed by atoms with Gasteiger partial charge in [0.15, 0.2) is 0 Å². The lowest BCUT2D eigenvalue weighted by Crippen LogP contribution is -2.21. The molecular weight excluding hydrogens is 243 g/mol. The number of nitrogens with one attached hydrogen (secondary N) is 1. The Kier molecular flexibility index (Phi) is 3.42. The molecule has 1 aromatic carbocycles. The van der Waals surface area contributed by atoms with Gasteiger partial charge in [0.1, 0.15) is 11.4 Å². The highest BCUT2D eigenvalue weighted by atomic mass is 32.2. The van der Waals surface area contributed by atoms with Gasteiger partial charge < -0.3 is 16.2 Å². The molecule has 0 saturated carbocycles. The smallest absolute Gasteiger partial charge is 0.340 e. The van der Waals surface area contributed by atoms with Crippen LogP contribution in [0.5, 0.6) is 0 Å². The van der Waals surface area contributed by atoms with Crippen LogP contribution in [-0.4, -0.2) is 28.6 Å². The normalized spacial score (nSPS) is 19.2. The number of hydrogen-bond donors (Lipinski definition) is 3. The molecule has 2 rings (SSSR count). The van der Waals surface area contributed by atoms with E-state index in [1.807, 2.05) is 11.8 Å². The van der Waals surface area contributed by atoms with Gasteiger partial charge in [0, 0.05) is 11.8 Å². The number of aromatic carboxylic acids is 1. The molecule has 1 heterocycles. The van der Waals surface area contributed by atoms with Gasteiger partial charge in [-0.25, -0.2) is 9.18 Å². The van der Waals surface area contributed by atoms with Crippen LogP contribution < -0.4 is 11.1 Å². The summed E-state index contributed by atoms with van der Waals surface area (Å²) < 4.78 is 13.2. The van der Waals surface area contributed by atoms with Crippen molar-refractivity contribution in [3.05, 3.63) is 23.5 Å². The standard InChI is InChI=1S/C11H13FN2O2S/c12-7-1-2-8(9(10(7)13)11(15)16)14-6-3-4-17-5-6/h1-2,6,14H,3-5,13H2,(H,15,16). The number of carbonyl (C=O) groups is 1. The molecule has 1 aliphatic heterocycles. The molecule has 0 aromatic heterocycles. The summed E-state index contributed by atoms with van der Waals surface area (Å²) in [5.41, 5.74) is 5.36. The van der Waals surface area contributed by atoms with Crippen molar-refractivity contribution in [1.29, 1.82) is 0 Å². The Hall–Kier alpha value is -1.43. The van der Waals surface area contributed by atoms with E-state index in [1.54, 1.807) is 0 Å². The summed E-state index contributed by atoms with van der Waals surface area (Å²) in [6.07, 6.45) is 0.973. The van der Waals surface area contributed by atoms with Crippen molar-refractivity contribution >= 4 is 29.1 Å². The maximum Gasteiger partial charge on any atom is 0.340 e. The van der Waals surface area contributed by atoms with E-state index in [4.69, 9.17) is 10.8 Å². The van der Waals surface area contributed by atoms with E-state index in [0.29, 0.717) is 5.69 Å². The third-order valence-corrected chi connectivity index (χ3v) is 3.86. The highest BCUT2D eigenvalue weighted by molar-refractivity contribution is 7.99. The largest absolute Gasteiger partial charge is 0.478 e. The Labute approximate surface area is 102 Å². The van der Waals surface area contributed by atoms with Gasteiger partial charge in [0.25, 0.3) is 0 Å². The van der Waals surface area contributed by atoms with E-state index < -0.39 is 11.8 Å². The molecule has 4 N–H and O–H groups in total. The van der Waals surface area contributed by atoms with Crippen LogP contribution in [0, 0.1) is 5.82 Å².